The van der Waals surface area contributed by atoms with Crippen LogP contribution in [0.1, 0.15) is 27.2 Å². The molecular weight excluding hydrogens is 218 g/mol. The zero-order valence-corrected chi connectivity index (χ0v) is 10.2. The van der Waals surface area contributed by atoms with Gasteiger partial charge in [0, 0.05) is 18.3 Å². The van der Waals surface area contributed by atoms with Gasteiger partial charge >= 0.3 is 5.97 Å². The van der Waals surface area contributed by atoms with Gasteiger partial charge < -0.3 is 9.64 Å². The van der Waals surface area contributed by atoms with Gasteiger partial charge in [-0.15, -0.1) is 11.6 Å². The van der Waals surface area contributed by atoms with Crippen LogP contribution in [0.2, 0.25) is 0 Å². The van der Waals surface area contributed by atoms with Crippen molar-refractivity contribution >= 4 is 23.5 Å². The van der Waals surface area contributed by atoms with E-state index in [1.165, 1.54) is 4.90 Å². The van der Waals surface area contributed by atoms with E-state index in [0.29, 0.717) is 6.61 Å². The van der Waals surface area contributed by atoms with Gasteiger partial charge in [-0.25, -0.2) is 0 Å². The summed E-state index contributed by atoms with van der Waals surface area (Å²) in [5.74, 6) is -0.229. The predicted octanol–water partition coefficient (Wildman–Crippen LogP) is 1.42. The highest BCUT2D eigenvalue weighted by Crippen LogP contribution is 2.03. The first-order valence-corrected chi connectivity index (χ1v) is 5.57. The minimum absolute atomic E-state index is 0.00122. The zero-order valence-electron chi connectivity index (χ0n) is 9.46. The van der Waals surface area contributed by atoms with Gasteiger partial charge in [0.15, 0.2) is 0 Å². The standard InChI is InChI=1S/C10H18ClNO3/c1-4-15-10(14)7-12(8(2)3)9(13)5-6-11/h8H,4-7H2,1-3H3. The molecule has 0 saturated heterocycles. The van der Waals surface area contributed by atoms with E-state index in [2.05, 4.69) is 0 Å². The fraction of sp³-hybridized carbons (Fsp3) is 0.800. The first kappa shape index (κ1) is 14.2. The smallest absolute Gasteiger partial charge is 0.325 e. The summed E-state index contributed by atoms with van der Waals surface area (Å²) in [5.41, 5.74) is 0. The Labute approximate surface area is 95.5 Å². The van der Waals surface area contributed by atoms with Crippen LogP contribution in [0.5, 0.6) is 0 Å². The number of amides is 1. The Kier molecular flexibility index (Phi) is 7.13. The van der Waals surface area contributed by atoms with Crippen LogP contribution in [0.4, 0.5) is 0 Å². The number of hydrogen-bond acceptors (Lipinski definition) is 3. The Morgan fingerprint density at radius 3 is 2.40 bits per heavy atom. The molecule has 0 fully saturated rings. The molecule has 0 atom stereocenters. The SMILES string of the molecule is CCOC(=O)CN(C(=O)CCCl)C(C)C. The third-order valence-electron chi connectivity index (χ3n) is 1.86. The van der Waals surface area contributed by atoms with Crippen molar-refractivity contribution < 1.29 is 14.3 Å². The summed E-state index contributed by atoms with van der Waals surface area (Å²) in [4.78, 5) is 24.2. The maximum atomic E-state index is 11.6. The highest BCUT2D eigenvalue weighted by molar-refractivity contribution is 6.18. The molecule has 0 radical (unpaired) electrons. The molecule has 0 aromatic carbocycles. The highest BCUT2D eigenvalue weighted by atomic mass is 35.5. The molecule has 88 valence electrons. The van der Waals surface area contributed by atoms with Crippen molar-refractivity contribution in [3.63, 3.8) is 0 Å². The third kappa shape index (κ3) is 5.62. The number of alkyl halides is 1. The van der Waals surface area contributed by atoms with Gasteiger partial charge in [0.05, 0.1) is 6.61 Å². The molecule has 1 amide bonds. The first-order chi connectivity index (χ1) is 7.02. The second-order valence-corrected chi connectivity index (χ2v) is 3.74. The molecular formula is C10H18ClNO3. The number of hydrogen-bond donors (Lipinski definition) is 0. The molecule has 5 heteroatoms. The Bertz CT molecular complexity index is 219. The first-order valence-electron chi connectivity index (χ1n) is 5.04. The monoisotopic (exact) mass is 235 g/mol. The molecule has 0 saturated carbocycles. The Balaban J connectivity index is 4.27. The Morgan fingerprint density at radius 2 is 2.00 bits per heavy atom. The van der Waals surface area contributed by atoms with Crippen LogP contribution in [0.15, 0.2) is 0 Å². The normalized spacial score (nSPS) is 10.2. The van der Waals surface area contributed by atoms with Crippen LogP contribution < -0.4 is 0 Å². The van der Waals surface area contributed by atoms with E-state index in [0.717, 1.165) is 0 Å². The predicted molar refractivity (Wildman–Crippen MR) is 58.8 cm³/mol. The van der Waals surface area contributed by atoms with E-state index < -0.39 is 0 Å². The second kappa shape index (κ2) is 7.51. The van der Waals surface area contributed by atoms with E-state index in [9.17, 15) is 9.59 Å². The van der Waals surface area contributed by atoms with E-state index in [1.807, 2.05) is 13.8 Å². The van der Waals surface area contributed by atoms with Crippen LogP contribution >= 0.6 is 11.6 Å². The molecule has 15 heavy (non-hydrogen) atoms. The number of nitrogens with zero attached hydrogens (tertiary/aromatic N) is 1. The minimum Gasteiger partial charge on any atom is -0.465 e. The van der Waals surface area contributed by atoms with Gasteiger partial charge in [0.1, 0.15) is 6.54 Å². The van der Waals surface area contributed by atoms with Crippen LogP contribution in [-0.4, -0.2) is 41.8 Å². The van der Waals surface area contributed by atoms with Crippen molar-refractivity contribution in [3.8, 4) is 0 Å². The third-order valence-corrected chi connectivity index (χ3v) is 2.05. The highest BCUT2D eigenvalue weighted by Gasteiger charge is 2.19. The van der Waals surface area contributed by atoms with Gasteiger partial charge in [-0.1, -0.05) is 0 Å². The fourth-order valence-electron chi connectivity index (χ4n) is 1.13. The summed E-state index contributed by atoms with van der Waals surface area (Å²) >= 11 is 5.48. The summed E-state index contributed by atoms with van der Waals surface area (Å²) in [6.07, 6.45) is 0.249. The molecule has 0 aromatic heterocycles. The lowest BCUT2D eigenvalue weighted by molar-refractivity contribution is -0.149. The van der Waals surface area contributed by atoms with Gasteiger partial charge in [0.25, 0.3) is 0 Å². The lowest BCUT2D eigenvalue weighted by Gasteiger charge is -2.25. The second-order valence-electron chi connectivity index (χ2n) is 3.36. The lowest BCUT2D eigenvalue weighted by atomic mass is 10.3. The lowest BCUT2D eigenvalue weighted by Crippen LogP contribution is -2.41. The minimum atomic E-state index is -0.380. The topological polar surface area (TPSA) is 46.6 Å². The zero-order chi connectivity index (χ0) is 11.8. The maximum absolute atomic E-state index is 11.6. The summed E-state index contributed by atoms with van der Waals surface area (Å²) in [6, 6.07) is -0.0230. The molecule has 0 aliphatic rings. The van der Waals surface area contributed by atoms with E-state index in [1.54, 1.807) is 6.92 Å². The van der Waals surface area contributed by atoms with Crippen molar-refractivity contribution in [1.82, 2.24) is 4.90 Å². The Morgan fingerprint density at radius 1 is 1.40 bits per heavy atom. The molecule has 0 heterocycles. The molecule has 0 rings (SSSR count). The average molecular weight is 236 g/mol. The van der Waals surface area contributed by atoms with E-state index >= 15 is 0 Å². The molecule has 0 aromatic rings. The molecule has 0 spiro atoms. The number of rotatable bonds is 6. The van der Waals surface area contributed by atoms with Crippen LogP contribution in [0.25, 0.3) is 0 Å². The number of carbonyl (C=O) groups excluding carboxylic acids is 2. The number of esters is 1. The molecule has 0 bridgehead atoms. The van der Waals surface area contributed by atoms with Crippen molar-refractivity contribution in [3.05, 3.63) is 0 Å². The van der Waals surface area contributed by atoms with Crippen molar-refractivity contribution in [2.24, 2.45) is 0 Å². The number of ether oxygens (including phenoxy) is 1. The van der Waals surface area contributed by atoms with Crippen molar-refractivity contribution in [1.29, 1.82) is 0 Å². The number of carbonyl (C=O) groups is 2. The van der Waals surface area contributed by atoms with Crippen molar-refractivity contribution in [2.75, 3.05) is 19.0 Å². The van der Waals surface area contributed by atoms with E-state index in [-0.39, 0.29) is 36.8 Å². The molecule has 0 aliphatic heterocycles. The van der Waals surface area contributed by atoms with Crippen molar-refractivity contribution in [2.45, 2.75) is 33.2 Å². The maximum Gasteiger partial charge on any atom is 0.325 e. The summed E-state index contributed by atoms with van der Waals surface area (Å²) in [7, 11) is 0. The quantitative estimate of drug-likeness (QED) is 0.517. The summed E-state index contributed by atoms with van der Waals surface area (Å²) in [6.45, 7) is 5.77. The van der Waals surface area contributed by atoms with Gasteiger partial charge in [0.2, 0.25) is 5.91 Å². The van der Waals surface area contributed by atoms with Gasteiger partial charge in [-0.05, 0) is 20.8 Å². The molecule has 4 nitrogen and oxygen atoms in total. The molecule has 0 aliphatic carbocycles. The van der Waals surface area contributed by atoms with E-state index in [4.69, 9.17) is 16.3 Å². The average Bonchev–Trinajstić information content (AvgIpc) is 2.14. The van der Waals surface area contributed by atoms with Gasteiger partial charge in [-0.2, -0.15) is 0 Å². The summed E-state index contributed by atoms with van der Waals surface area (Å²) in [5, 5.41) is 0. The van der Waals surface area contributed by atoms with Crippen LogP contribution in [-0.2, 0) is 14.3 Å². The Hall–Kier alpha value is -0.770. The molecule has 0 N–H and O–H groups in total. The van der Waals surface area contributed by atoms with Gasteiger partial charge in [-0.3, -0.25) is 9.59 Å². The number of halogens is 1. The largest absolute Gasteiger partial charge is 0.465 e. The fourth-order valence-corrected chi connectivity index (χ4v) is 1.29. The van der Waals surface area contributed by atoms with Crippen LogP contribution in [0, 0.1) is 0 Å². The van der Waals surface area contributed by atoms with Crippen LogP contribution in [0.3, 0.4) is 0 Å². The summed E-state index contributed by atoms with van der Waals surface area (Å²) < 4.78 is 4.79. The molecule has 0 unspecified atom stereocenters.